The highest BCUT2D eigenvalue weighted by atomic mass is 32.2. The number of hydrogen-bond acceptors (Lipinski definition) is 2. The van der Waals surface area contributed by atoms with E-state index in [2.05, 4.69) is 26.1 Å². The summed E-state index contributed by atoms with van der Waals surface area (Å²) < 4.78 is 12.3. The van der Waals surface area contributed by atoms with Gasteiger partial charge in [-0.1, -0.05) is 40.0 Å². The first kappa shape index (κ1) is 14.2. The van der Waals surface area contributed by atoms with E-state index in [4.69, 9.17) is 0 Å². The van der Waals surface area contributed by atoms with Crippen molar-refractivity contribution in [2.24, 2.45) is 5.92 Å². The normalized spacial score (nSPS) is 29.9. The van der Waals surface area contributed by atoms with Crippen LogP contribution in [0.4, 0.5) is 0 Å². The lowest BCUT2D eigenvalue weighted by molar-refractivity contribution is 0.384. The molecule has 1 aliphatic carbocycles. The standard InChI is InChI=1S/C13H27NOS/c1-4-11(3)10-16(15)13-9-7-6-8-12(13)14-5-2/h11-14H,4-10H2,1-3H3. The zero-order valence-electron chi connectivity index (χ0n) is 11.0. The molecule has 1 rings (SSSR count). The summed E-state index contributed by atoms with van der Waals surface area (Å²) in [7, 11) is -0.630. The fraction of sp³-hybridized carbons (Fsp3) is 1.00. The first-order valence-electron chi connectivity index (χ1n) is 6.79. The van der Waals surface area contributed by atoms with Crippen LogP contribution in [0.2, 0.25) is 0 Å². The van der Waals surface area contributed by atoms with Gasteiger partial charge in [0.05, 0.1) is 5.25 Å². The van der Waals surface area contributed by atoms with E-state index < -0.39 is 10.8 Å². The van der Waals surface area contributed by atoms with Crippen LogP contribution in [-0.4, -0.2) is 27.8 Å². The van der Waals surface area contributed by atoms with Gasteiger partial charge in [-0.05, 0) is 25.3 Å². The molecular formula is C13H27NOS. The van der Waals surface area contributed by atoms with Crippen molar-refractivity contribution < 1.29 is 4.21 Å². The molecular weight excluding hydrogens is 218 g/mol. The van der Waals surface area contributed by atoms with Crippen molar-refractivity contribution in [1.82, 2.24) is 5.32 Å². The fourth-order valence-electron chi connectivity index (χ4n) is 2.43. The van der Waals surface area contributed by atoms with Crippen molar-refractivity contribution in [2.45, 2.75) is 64.2 Å². The molecule has 16 heavy (non-hydrogen) atoms. The maximum absolute atomic E-state index is 12.3. The van der Waals surface area contributed by atoms with Crippen molar-refractivity contribution >= 4 is 10.8 Å². The van der Waals surface area contributed by atoms with E-state index in [9.17, 15) is 4.21 Å². The highest BCUT2D eigenvalue weighted by Gasteiger charge is 2.29. The van der Waals surface area contributed by atoms with Gasteiger partial charge in [-0.3, -0.25) is 4.21 Å². The first-order chi connectivity index (χ1) is 7.69. The van der Waals surface area contributed by atoms with E-state index in [1.807, 2.05) is 0 Å². The Kier molecular flexibility index (Phi) is 6.59. The molecule has 0 radical (unpaired) electrons. The summed E-state index contributed by atoms with van der Waals surface area (Å²) in [6.07, 6.45) is 6.07. The highest BCUT2D eigenvalue weighted by Crippen LogP contribution is 2.24. The van der Waals surface area contributed by atoms with Gasteiger partial charge in [0, 0.05) is 22.6 Å². The lowest BCUT2D eigenvalue weighted by Gasteiger charge is -2.32. The molecule has 1 fully saturated rings. The second-order valence-electron chi connectivity index (χ2n) is 5.05. The van der Waals surface area contributed by atoms with Crippen LogP contribution in [0, 0.1) is 5.92 Å². The van der Waals surface area contributed by atoms with Crippen molar-refractivity contribution in [1.29, 1.82) is 0 Å². The predicted molar refractivity (Wildman–Crippen MR) is 72.2 cm³/mol. The Hall–Kier alpha value is 0.110. The third-order valence-corrected chi connectivity index (χ3v) is 5.79. The van der Waals surface area contributed by atoms with Crippen LogP contribution < -0.4 is 5.32 Å². The zero-order valence-corrected chi connectivity index (χ0v) is 11.8. The maximum atomic E-state index is 12.3. The summed E-state index contributed by atoms with van der Waals surface area (Å²) >= 11 is 0. The summed E-state index contributed by atoms with van der Waals surface area (Å²) in [5.41, 5.74) is 0. The monoisotopic (exact) mass is 245 g/mol. The maximum Gasteiger partial charge on any atom is 0.0501 e. The summed E-state index contributed by atoms with van der Waals surface area (Å²) in [4.78, 5) is 0. The van der Waals surface area contributed by atoms with Gasteiger partial charge >= 0.3 is 0 Å². The van der Waals surface area contributed by atoms with E-state index in [0.717, 1.165) is 25.1 Å². The third kappa shape index (κ3) is 4.17. The third-order valence-electron chi connectivity index (χ3n) is 3.65. The van der Waals surface area contributed by atoms with E-state index in [1.54, 1.807) is 0 Å². The molecule has 2 nitrogen and oxygen atoms in total. The van der Waals surface area contributed by atoms with Gasteiger partial charge < -0.3 is 5.32 Å². The smallest absolute Gasteiger partial charge is 0.0501 e. The van der Waals surface area contributed by atoms with Gasteiger partial charge in [-0.25, -0.2) is 0 Å². The van der Waals surface area contributed by atoms with Gasteiger partial charge in [-0.2, -0.15) is 0 Å². The second kappa shape index (κ2) is 7.44. The van der Waals surface area contributed by atoms with Crippen LogP contribution in [0.5, 0.6) is 0 Å². The van der Waals surface area contributed by atoms with Crippen LogP contribution in [0.15, 0.2) is 0 Å². The summed E-state index contributed by atoms with van der Waals surface area (Å²) in [6.45, 7) is 7.54. The molecule has 1 aliphatic rings. The Bertz CT molecular complexity index is 218. The second-order valence-corrected chi connectivity index (χ2v) is 6.75. The van der Waals surface area contributed by atoms with E-state index in [1.165, 1.54) is 19.3 Å². The zero-order chi connectivity index (χ0) is 12.0. The van der Waals surface area contributed by atoms with Crippen LogP contribution in [0.1, 0.15) is 52.9 Å². The van der Waals surface area contributed by atoms with E-state index in [-0.39, 0.29) is 0 Å². The van der Waals surface area contributed by atoms with E-state index >= 15 is 0 Å². The molecule has 1 N–H and O–H groups in total. The average molecular weight is 245 g/mol. The van der Waals surface area contributed by atoms with Gasteiger partial charge in [0.2, 0.25) is 0 Å². The van der Waals surface area contributed by atoms with Gasteiger partial charge in [0.1, 0.15) is 0 Å². The first-order valence-corrected chi connectivity index (χ1v) is 8.17. The summed E-state index contributed by atoms with van der Waals surface area (Å²) in [5, 5.41) is 3.92. The van der Waals surface area contributed by atoms with Crippen molar-refractivity contribution in [3.05, 3.63) is 0 Å². The van der Waals surface area contributed by atoms with Gasteiger partial charge in [0.15, 0.2) is 0 Å². The Morgan fingerprint density at radius 3 is 2.62 bits per heavy atom. The molecule has 0 spiro atoms. The molecule has 4 unspecified atom stereocenters. The minimum Gasteiger partial charge on any atom is -0.313 e. The molecule has 0 aromatic heterocycles. The molecule has 0 bridgehead atoms. The molecule has 0 aromatic rings. The van der Waals surface area contributed by atoms with Gasteiger partial charge in [-0.15, -0.1) is 0 Å². The SMILES string of the molecule is CCNC1CCCCC1S(=O)CC(C)CC. The average Bonchev–Trinajstić information content (AvgIpc) is 2.30. The molecule has 4 atom stereocenters. The molecule has 0 aliphatic heterocycles. The van der Waals surface area contributed by atoms with Crippen molar-refractivity contribution in [3.8, 4) is 0 Å². The largest absolute Gasteiger partial charge is 0.313 e. The topological polar surface area (TPSA) is 29.1 Å². The molecule has 3 heteroatoms. The molecule has 0 amide bonds. The molecule has 0 aromatic carbocycles. The van der Waals surface area contributed by atoms with Crippen LogP contribution in [0.3, 0.4) is 0 Å². The minimum absolute atomic E-state index is 0.405. The van der Waals surface area contributed by atoms with Crippen molar-refractivity contribution in [3.63, 3.8) is 0 Å². The summed E-state index contributed by atoms with van der Waals surface area (Å²) in [5.74, 6) is 1.49. The summed E-state index contributed by atoms with van der Waals surface area (Å²) in [6, 6.07) is 0.503. The highest BCUT2D eigenvalue weighted by molar-refractivity contribution is 7.85. The number of hydrogen-bond donors (Lipinski definition) is 1. The van der Waals surface area contributed by atoms with Crippen LogP contribution >= 0.6 is 0 Å². The van der Waals surface area contributed by atoms with Gasteiger partial charge in [0.25, 0.3) is 0 Å². The van der Waals surface area contributed by atoms with Crippen LogP contribution in [-0.2, 0) is 10.8 Å². The Morgan fingerprint density at radius 2 is 2.00 bits per heavy atom. The molecule has 96 valence electrons. The minimum atomic E-state index is -0.630. The van der Waals surface area contributed by atoms with Crippen LogP contribution in [0.25, 0.3) is 0 Å². The molecule has 0 saturated heterocycles. The molecule has 0 heterocycles. The fourth-order valence-corrected chi connectivity index (χ4v) is 4.50. The Balaban J connectivity index is 2.50. The lowest BCUT2D eigenvalue weighted by atomic mass is 9.95. The quantitative estimate of drug-likeness (QED) is 0.779. The van der Waals surface area contributed by atoms with Crippen molar-refractivity contribution in [2.75, 3.05) is 12.3 Å². The Labute approximate surface area is 103 Å². The number of rotatable bonds is 6. The number of nitrogens with one attached hydrogen (secondary N) is 1. The Morgan fingerprint density at radius 1 is 1.31 bits per heavy atom. The molecule has 1 saturated carbocycles. The predicted octanol–water partition coefficient (Wildman–Crippen LogP) is 2.70. The van der Waals surface area contributed by atoms with E-state index in [0.29, 0.717) is 17.2 Å². The lowest BCUT2D eigenvalue weighted by Crippen LogP contribution is -2.45.